The summed E-state index contributed by atoms with van der Waals surface area (Å²) in [6.45, 7) is 8.59. The zero-order valence-corrected chi connectivity index (χ0v) is 13.9. The molecule has 1 saturated carbocycles. The second-order valence-corrected chi connectivity index (χ2v) is 7.09. The van der Waals surface area contributed by atoms with Gasteiger partial charge in [0.15, 0.2) is 0 Å². The number of nitrogens with one attached hydrogen (secondary N) is 1. The molecule has 2 fully saturated rings. The molecule has 0 bridgehead atoms. The molecule has 0 radical (unpaired) electrons. The van der Waals surface area contributed by atoms with Crippen LogP contribution in [0.2, 0.25) is 0 Å². The first-order chi connectivity index (χ1) is 9.97. The van der Waals surface area contributed by atoms with E-state index < -0.39 is 0 Å². The summed E-state index contributed by atoms with van der Waals surface area (Å²) >= 11 is 0. The molecule has 0 aromatic heterocycles. The zero-order chi connectivity index (χ0) is 15.6. The van der Waals surface area contributed by atoms with Crippen LogP contribution in [0.15, 0.2) is 0 Å². The van der Waals surface area contributed by atoms with Crippen LogP contribution < -0.4 is 5.32 Å². The summed E-state index contributed by atoms with van der Waals surface area (Å²) in [4.78, 5) is 27.2. The van der Waals surface area contributed by atoms with Crippen molar-refractivity contribution in [1.82, 2.24) is 10.2 Å². The standard InChI is InChI=1S/C17H30N2O2/c1-5-7-14-17(21)19(15(6-2)16(20)18-14)13-9-11(3)8-12(4)10-13/h11-15H,5-10H2,1-4H3,(H,18,20). The maximum atomic E-state index is 12.9. The van der Waals surface area contributed by atoms with Gasteiger partial charge in [-0.2, -0.15) is 0 Å². The highest BCUT2D eigenvalue weighted by atomic mass is 16.2. The summed E-state index contributed by atoms with van der Waals surface area (Å²) < 4.78 is 0. The molecule has 4 nitrogen and oxygen atoms in total. The Morgan fingerprint density at radius 2 is 1.71 bits per heavy atom. The predicted molar refractivity (Wildman–Crippen MR) is 83.7 cm³/mol. The molecule has 21 heavy (non-hydrogen) atoms. The van der Waals surface area contributed by atoms with Gasteiger partial charge in [0.05, 0.1) is 0 Å². The molecule has 120 valence electrons. The zero-order valence-electron chi connectivity index (χ0n) is 13.9. The Hall–Kier alpha value is -1.06. The first-order valence-corrected chi connectivity index (χ1v) is 8.60. The Bertz CT molecular complexity index is 386. The molecule has 1 saturated heterocycles. The van der Waals surface area contributed by atoms with E-state index >= 15 is 0 Å². The molecule has 0 aromatic rings. The van der Waals surface area contributed by atoms with Crippen molar-refractivity contribution in [3.8, 4) is 0 Å². The van der Waals surface area contributed by atoms with Gasteiger partial charge < -0.3 is 10.2 Å². The van der Waals surface area contributed by atoms with Crippen LogP contribution in [0.1, 0.15) is 66.2 Å². The molecule has 1 heterocycles. The summed E-state index contributed by atoms with van der Waals surface area (Å²) in [5.41, 5.74) is 0. The number of carbonyl (C=O) groups excluding carboxylic acids is 2. The van der Waals surface area contributed by atoms with Gasteiger partial charge in [-0.05, 0) is 43.9 Å². The number of hydrogen-bond donors (Lipinski definition) is 1. The van der Waals surface area contributed by atoms with Gasteiger partial charge in [-0.15, -0.1) is 0 Å². The molecular formula is C17H30N2O2. The number of carbonyl (C=O) groups is 2. The fraction of sp³-hybridized carbons (Fsp3) is 0.882. The van der Waals surface area contributed by atoms with Gasteiger partial charge in [0.25, 0.3) is 0 Å². The van der Waals surface area contributed by atoms with Gasteiger partial charge in [-0.3, -0.25) is 9.59 Å². The van der Waals surface area contributed by atoms with Crippen molar-refractivity contribution in [3.05, 3.63) is 0 Å². The Morgan fingerprint density at radius 3 is 2.24 bits per heavy atom. The molecular weight excluding hydrogens is 264 g/mol. The predicted octanol–water partition coefficient (Wildman–Crippen LogP) is 2.72. The van der Waals surface area contributed by atoms with E-state index in [9.17, 15) is 9.59 Å². The van der Waals surface area contributed by atoms with Crippen molar-refractivity contribution in [2.75, 3.05) is 0 Å². The average Bonchev–Trinajstić information content (AvgIpc) is 2.41. The fourth-order valence-electron chi connectivity index (χ4n) is 4.22. The van der Waals surface area contributed by atoms with Gasteiger partial charge in [-0.1, -0.05) is 34.1 Å². The lowest BCUT2D eigenvalue weighted by atomic mass is 9.78. The smallest absolute Gasteiger partial charge is 0.246 e. The van der Waals surface area contributed by atoms with Crippen LogP contribution in [0.5, 0.6) is 0 Å². The Labute approximate surface area is 128 Å². The largest absolute Gasteiger partial charge is 0.343 e. The summed E-state index contributed by atoms with van der Waals surface area (Å²) in [6.07, 6.45) is 5.68. The second kappa shape index (κ2) is 6.80. The molecule has 2 amide bonds. The maximum Gasteiger partial charge on any atom is 0.246 e. The number of nitrogens with zero attached hydrogens (tertiary/aromatic N) is 1. The van der Waals surface area contributed by atoms with Crippen molar-refractivity contribution in [2.45, 2.75) is 84.3 Å². The van der Waals surface area contributed by atoms with E-state index in [1.54, 1.807) is 0 Å². The van der Waals surface area contributed by atoms with E-state index in [4.69, 9.17) is 0 Å². The SMILES string of the molecule is CCCC1NC(=O)C(CC)N(C2CC(C)CC(C)C2)C1=O. The molecule has 4 unspecified atom stereocenters. The first kappa shape index (κ1) is 16.3. The number of hydrogen-bond acceptors (Lipinski definition) is 2. The van der Waals surface area contributed by atoms with E-state index in [-0.39, 0.29) is 29.9 Å². The molecule has 1 N–H and O–H groups in total. The van der Waals surface area contributed by atoms with E-state index in [1.165, 1.54) is 6.42 Å². The van der Waals surface area contributed by atoms with Crippen molar-refractivity contribution < 1.29 is 9.59 Å². The van der Waals surface area contributed by atoms with Crippen LogP contribution in [-0.4, -0.2) is 34.8 Å². The van der Waals surface area contributed by atoms with Crippen LogP contribution in [0, 0.1) is 11.8 Å². The highest BCUT2D eigenvalue weighted by Crippen LogP contribution is 2.34. The molecule has 4 heteroatoms. The Balaban J connectivity index is 2.22. The molecule has 1 aliphatic carbocycles. The van der Waals surface area contributed by atoms with Gasteiger partial charge in [0, 0.05) is 6.04 Å². The fourth-order valence-corrected chi connectivity index (χ4v) is 4.22. The lowest BCUT2D eigenvalue weighted by Gasteiger charge is -2.46. The van der Waals surface area contributed by atoms with E-state index in [2.05, 4.69) is 26.1 Å². The summed E-state index contributed by atoms with van der Waals surface area (Å²) in [5.74, 6) is 1.47. The quantitative estimate of drug-likeness (QED) is 0.866. The molecule has 4 atom stereocenters. The number of amides is 2. The first-order valence-electron chi connectivity index (χ1n) is 8.60. The molecule has 0 aromatic carbocycles. The Kier molecular flexibility index (Phi) is 5.28. The minimum atomic E-state index is -0.308. The van der Waals surface area contributed by atoms with E-state index in [0.717, 1.165) is 25.7 Å². The van der Waals surface area contributed by atoms with E-state index in [0.29, 0.717) is 18.3 Å². The van der Waals surface area contributed by atoms with Crippen LogP contribution >= 0.6 is 0 Å². The molecule has 2 aliphatic rings. The van der Waals surface area contributed by atoms with Gasteiger partial charge >= 0.3 is 0 Å². The van der Waals surface area contributed by atoms with Crippen molar-refractivity contribution >= 4 is 11.8 Å². The monoisotopic (exact) mass is 294 g/mol. The van der Waals surface area contributed by atoms with Crippen LogP contribution in [0.3, 0.4) is 0 Å². The lowest BCUT2D eigenvalue weighted by molar-refractivity contribution is -0.154. The van der Waals surface area contributed by atoms with Crippen molar-refractivity contribution in [1.29, 1.82) is 0 Å². The minimum Gasteiger partial charge on any atom is -0.343 e. The third-order valence-corrected chi connectivity index (χ3v) is 5.02. The highest BCUT2D eigenvalue weighted by Gasteiger charge is 2.43. The summed E-state index contributed by atoms with van der Waals surface area (Å²) in [6, 6.07) is -0.336. The second-order valence-electron chi connectivity index (χ2n) is 7.09. The van der Waals surface area contributed by atoms with Crippen molar-refractivity contribution in [2.24, 2.45) is 11.8 Å². The van der Waals surface area contributed by atoms with Gasteiger partial charge in [0.2, 0.25) is 11.8 Å². The van der Waals surface area contributed by atoms with Crippen molar-refractivity contribution in [3.63, 3.8) is 0 Å². The third kappa shape index (κ3) is 3.41. The normalized spacial score (nSPS) is 37.5. The number of rotatable bonds is 4. The van der Waals surface area contributed by atoms with Gasteiger partial charge in [0.1, 0.15) is 12.1 Å². The minimum absolute atomic E-state index is 0.0430. The average molecular weight is 294 g/mol. The van der Waals surface area contributed by atoms with Crippen LogP contribution in [0.4, 0.5) is 0 Å². The van der Waals surface area contributed by atoms with Crippen LogP contribution in [-0.2, 0) is 9.59 Å². The van der Waals surface area contributed by atoms with E-state index in [1.807, 2.05) is 11.8 Å². The van der Waals surface area contributed by atoms with Crippen LogP contribution in [0.25, 0.3) is 0 Å². The highest BCUT2D eigenvalue weighted by molar-refractivity contribution is 5.97. The number of piperazine rings is 1. The topological polar surface area (TPSA) is 49.4 Å². The lowest BCUT2D eigenvalue weighted by Crippen LogP contribution is -2.66. The molecule has 2 rings (SSSR count). The maximum absolute atomic E-state index is 12.9. The Morgan fingerprint density at radius 1 is 1.10 bits per heavy atom. The third-order valence-electron chi connectivity index (χ3n) is 5.02. The van der Waals surface area contributed by atoms with Gasteiger partial charge in [-0.25, -0.2) is 0 Å². The molecule has 1 aliphatic heterocycles. The summed E-state index contributed by atoms with van der Waals surface area (Å²) in [7, 11) is 0. The summed E-state index contributed by atoms with van der Waals surface area (Å²) in [5, 5.41) is 2.93. The molecule has 0 spiro atoms.